The molecule has 1 aromatic rings. The average molecular weight is 203 g/mol. The first-order chi connectivity index (χ1) is 7.20. The van der Waals surface area contributed by atoms with Crippen LogP contribution < -0.4 is 4.90 Å². The lowest BCUT2D eigenvalue weighted by atomic mass is 10.1. The Morgan fingerprint density at radius 2 is 1.93 bits per heavy atom. The van der Waals surface area contributed by atoms with Gasteiger partial charge in [0.1, 0.15) is 6.29 Å². The van der Waals surface area contributed by atoms with Gasteiger partial charge in [-0.3, -0.25) is 4.79 Å². The third kappa shape index (κ3) is 2.04. The highest BCUT2D eigenvalue weighted by molar-refractivity contribution is 5.75. The Labute approximate surface area is 90.9 Å². The van der Waals surface area contributed by atoms with Crippen LogP contribution in [0.25, 0.3) is 0 Å². The van der Waals surface area contributed by atoms with Gasteiger partial charge in [-0.1, -0.05) is 6.92 Å². The Balaban J connectivity index is 2.18. The summed E-state index contributed by atoms with van der Waals surface area (Å²) in [6, 6.07) is 8.47. The van der Waals surface area contributed by atoms with Crippen molar-refractivity contribution in [3.8, 4) is 0 Å². The highest BCUT2D eigenvalue weighted by Gasteiger charge is 2.25. The van der Waals surface area contributed by atoms with Crippen LogP contribution in [0.3, 0.4) is 0 Å². The molecule has 0 aliphatic carbocycles. The summed E-state index contributed by atoms with van der Waals surface area (Å²) in [6.45, 7) is 5.68. The predicted octanol–water partition coefficient (Wildman–Crippen LogP) is 2.73. The maximum Gasteiger partial charge on any atom is 0.150 e. The molecule has 1 fully saturated rings. The molecule has 2 unspecified atom stereocenters. The summed E-state index contributed by atoms with van der Waals surface area (Å²) in [6.07, 6.45) is 2.15. The van der Waals surface area contributed by atoms with Gasteiger partial charge in [-0.15, -0.1) is 0 Å². The summed E-state index contributed by atoms with van der Waals surface area (Å²) in [5, 5.41) is 0. The Hall–Kier alpha value is -1.31. The number of rotatable bonds is 2. The number of aldehydes is 1. The van der Waals surface area contributed by atoms with E-state index in [4.69, 9.17) is 0 Å². The molecule has 1 aromatic carbocycles. The van der Waals surface area contributed by atoms with Gasteiger partial charge in [-0.2, -0.15) is 0 Å². The number of carbonyl (C=O) groups excluding carboxylic acids is 1. The maximum absolute atomic E-state index is 10.5. The minimum absolute atomic E-state index is 0.613. The standard InChI is InChI=1S/C13H17NO/c1-10-7-11(2)14(8-10)13-5-3-12(9-15)4-6-13/h3-6,9-11H,7-8H2,1-2H3. The molecule has 1 aliphatic rings. The van der Waals surface area contributed by atoms with E-state index in [2.05, 4.69) is 18.7 Å². The van der Waals surface area contributed by atoms with E-state index in [0.717, 1.165) is 24.3 Å². The van der Waals surface area contributed by atoms with E-state index in [0.29, 0.717) is 6.04 Å². The Bertz CT molecular complexity index is 344. The molecule has 2 atom stereocenters. The van der Waals surface area contributed by atoms with E-state index in [1.54, 1.807) is 0 Å². The molecule has 15 heavy (non-hydrogen) atoms. The molecule has 2 nitrogen and oxygen atoms in total. The van der Waals surface area contributed by atoms with E-state index < -0.39 is 0 Å². The van der Waals surface area contributed by atoms with Gasteiger partial charge in [0.2, 0.25) is 0 Å². The minimum atomic E-state index is 0.613. The fourth-order valence-corrected chi connectivity index (χ4v) is 2.40. The second kappa shape index (κ2) is 4.05. The second-order valence-corrected chi connectivity index (χ2v) is 4.55. The predicted molar refractivity (Wildman–Crippen MR) is 62.4 cm³/mol. The molecule has 1 heterocycles. The normalized spacial score (nSPS) is 25.6. The topological polar surface area (TPSA) is 20.3 Å². The summed E-state index contributed by atoms with van der Waals surface area (Å²) >= 11 is 0. The number of nitrogens with zero attached hydrogens (tertiary/aromatic N) is 1. The van der Waals surface area contributed by atoms with Crippen molar-refractivity contribution in [2.24, 2.45) is 5.92 Å². The molecule has 2 heteroatoms. The van der Waals surface area contributed by atoms with E-state index in [1.807, 2.05) is 24.3 Å². The summed E-state index contributed by atoms with van der Waals surface area (Å²) in [4.78, 5) is 13.0. The lowest BCUT2D eigenvalue weighted by molar-refractivity contribution is 0.112. The molecule has 0 amide bonds. The zero-order valence-electron chi connectivity index (χ0n) is 9.31. The maximum atomic E-state index is 10.5. The molecule has 0 saturated carbocycles. The first-order valence-corrected chi connectivity index (χ1v) is 5.52. The van der Waals surface area contributed by atoms with Crippen molar-refractivity contribution in [3.05, 3.63) is 29.8 Å². The molecular formula is C13H17NO. The van der Waals surface area contributed by atoms with Crippen molar-refractivity contribution in [2.45, 2.75) is 26.3 Å². The van der Waals surface area contributed by atoms with Crippen LogP contribution in [0.4, 0.5) is 5.69 Å². The minimum Gasteiger partial charge on any atom is -0.369 e. The lowest BCUT2D eigenvalue weighted by Gasteiger charge is -2.23. The summed E-state index contributed by atoms with van der Waals surface area (Å²) in [5.74, 6) is 0.769. The van der Waals surface area contributed by atoms with Crippen molar-refractivity contribution in [1.82, 2.24) is 0 Å². The largest absolute Gasteiger partial charge is 0.369 e. The van der Waals surface area contributed by atoms with Crippen molar-refractivity contribution in [3.63, 3.8) is 0 Å². The smallest absolute Gasteiger partial charge is 0.150 e. The van der Waals surface area contributed by atoms with Crippen LogP contribution in [-0.2, 0) is 0 Å². The fourth-order valence-electron chi connectivity index (χ4n) is 2.40. The highest BCUT2D eigenvalue weighted by Crippen LogP contribution is 2.28. The third-order valence-corrected chi connectivity index (χ3v) is 3.14. The molecule has 0 spiro atoms. The zero-order chi connectivity index (χ0) is 10.8. The van der Waals surface area contributed by atoms with Crippen molar-refractivity contribution >= 4 is 12.0 Å². The van der Waals surface area contributed by atoms with Crippen molar-refractivity contribution < 1.29 is 4.79 Å². The Morgan fingerprint density at radius 3 is 2.40 bits per heavy atom. The molecule has 1 saturated heterocycles. The Kier molecular flexibility index (Phi) is 2.76. The van der Waals surface area contributed by atoms with E-state index >= 15 is 0 Å². The van der Waals surface area contributed by atoms with Crippen LogP contribution >= 0.6 is 0 Å². The highest BCUT2D eigenvalue weighted by atomic mass is 16.1. The van der Waals surface area contributed by atoms with Crippen LogP contribution in [0.15, 0.2) is 24.3 Å². The number of anilines is 1. The molecule has 0 N–H and O–H groups in total. The molecular weight excluding hydrogens is 186 g/mol. The molecule has 0 aromatic heterocycles. The molecule has 2 rings (SSSR count). The quantitative estimate of drug-likeness (QED) is 0.689. The monoisotopic (exact) mass is 203 g/mol. The molecule has 0 bridgehead atoms. The first-order valence-electron chi connectivity index (χ1n) is 5.52. The second-order valence-electron chi connectivity index (χ2n) is 4.55. The molecule has 0 radical (unpaired) electrons. The van der Waals surface area contributed by atoms with E-state index in [9.17, 15) is 4.79 Å². The van der Waals surface area contributed by atoms with Gasteiger partial charge >= 0.3 is 0 Å². The Morgan fingerprint density at radius 1 is 1.27 bits per heavy atom. The summed E-state index contributed by atoms with van der Waals surface area (Å²) < 4.78 is 0. The van der Waals surface area contributed by atoms with Gasteiger partial charge < -0.3 is 4.90 Å². The lowest BCUT2D eigenvalue weighted by Crippen LogP contribution is -2.26. The summed E-state index contributed by atoms with van der Waals surface area (Å²) in [5.41, 5.74) is 1.98. The number of benzene rings is 1. The number of hydrogen-bond donors (Lipinski definition) is 0. The number of carbonyl (C=O) groups is 1. The van der Waals surface area contributed by atoms with E-state index in [-0.39, 0.29) is 0 Å². The third-order valence-electron chi connectivity index (χ3n) is 3.14. The van der Waals surface area contributed by atoms with Gasteiger partial charge in [0.25, 0.3) is 0 Å². The van der Waals surface area contributed by atoms with Gasteiger partial charge in [0.05, 0.1) is 0 Å². The van der Waals surface area contributed by atoms with Gasteiger partial charge in [-0.05, 0) is 43.5 Å². The van der Waals surface area contributed by atoms with Gasteiger partial charge in [0.15, 0.2) is 0 Å². The number of hydrogen-bond acceptors (Lipinski definition) is 2. The zero-order valence-corrected chi connectivity index (χ0v) is 9.31. The van der Waals surface area contributed by atoms with Crippen LogP contribution in [0.5, 0.6) is 0 Å². The van der Waals surface area contributed by atoms with Crippen LogP contribution in [0.2, 0.25) is 0 Å². The average Bonchev–Trinajstić information content (AvgIpc) is 2.58. The van der Waals surface area contributed by atoms with Gasteiger partial charge in [-0.25, -0.2) is 0 Å². The summed E-state index contributed by atoms with van der Waals surface area (Å²) in [7, 11) is 0. The van der Waals surface area contributed by atoms with Crippen molar-refractivity contribution in [2.75, 3.05) is 11.4 Å². The van der Waals surface area contributed by atoms with E-state index in [1.165, 1.54) is 12.1 Å². The first kappa shape index (κ1) is 10.2. The SMILES string of the molecule is CC1CC(C)N(c2ccc(C=O)cc2)C1. The molecule has 80 valence electrons. The van der Waals surface area contributed by atoms with Crippen LogP contribution in [0, 0.1) is 5.92 Å². The van der Waals surface area contributed by atoms with Gasteiger partial charge in [0, 0.05) is 23.8 Å². The van der Waals surface area contributed by atoms with Crippen molar-refractivity contribution in [1.29, 1.82) is 0 Å². The van der Waals surface area contributed by atoms with Crippen LogP contribution in [-0.4, -0.2) is 18.9 Å². The molecule has 1 aliphatic heterocycles. The fraction of sp³-hybridized carbons (Fsp3) is 0.462. The van der Waals surface area contributed by atoms with Crippen LogP contribution in [0.1, 0.15) is 30.6 Å².